The van der Waals surface area contributed by atoms with Crippen LogP contribution in [0.2, 0.25) is 0 Å². The van der Waals surface area contributed by atoms with Gasteiger partial charge in [0.25, 0.3) is 0 Å². The van der Waals surface area contributed by atoms with E-state index in [-0.39, 0.29) is 59.1 Å². The molecule has 0 aliphatic heterocycles. The van der Waals surface area contributed by atoms with Crippen molar-refractivity contribution in [1.82, 2.24) is 0 Å². The molecule has 0 aromatic heterocycles. The first kappa shape index (κ1) is 17.1. The monoisotopic (exact) mass is 154 g/mol. The van der Waals surface area contributed by atoms with Crippen LogP contribution >= 0.6 is 0 Å². The first-order chi connectivity index (χ1) is 3.13. The van der Waals surface area contributed by atoms with Crippen molar-refractivity contribution < 1.29 is 24.7 Å². The van der Waals surface area contributed by atoms with Gasteiger partial charge in [0.15, 0.2) is 0 Å². The number of hydrogen-bond donors (Lipinski definition) is 4. The Labute approximate surface area is 97.3 Å². The second-order valence-electron chi connectivity index (χ2n) is 0.789. The first-order valence-electron chi connectivity index (χ1n) is 1.50. The second kappa shape index (κ2) is 9.93. The quantitative estimate of drug-likeness (QED) is 0.301. The Kier molecular flexibility index (Phi) is 18.9. The molecule has 0 saturated heterocycles. The van der Waals surface area contributed by atoms with Gasteiger partial charge in [-0.05, 0) is 0 Å². The molecule has 0 saturated carbocycles. The maximum atomic E-state index is 7.74. The average molecular weight is 154 g/mol. The Morgan fingerprint density at radius 3 is 1.00 bits per heavy atom. The average Bonchev–Trinajstić information content (AvgIpc) is 1.27. The Morgan fingerprint density at radius 1 is 0.778 bits per heavy atom. The van der Waals surface area contributed by atoms with Crippen molar-refractivity contribution in [1.29, 1.82) is 0 Å². The molecule has 0 aliphatic carbocycles. The van der Waals surface area contributed by atoms with Crippen LogP contribution in [-0.4, -0.2) is 93.9 Å². The van der Waals surface area contributed by atoms with Crippen molar-refractivity contribution in [3.05, 3.63) is 0 Å². The van der Waals surface area contributed by atoms with Crippen molar-refractivity contribution in [2.24, 2.45) is 0 Å². The maximum absolute atomic E-state index is 7.74. The Bertz CT molecular complexity index is 42.2. The van der Waals surface area contributed by atoms with Crippen molar-refractivity contribution in [3.8, 4) is 0 Å². The van der Waals surface area contributed by atoms with Crippen LogP contribution in [0, 0.1) is 0 Å². The minimum absolute atomic E-state index is 0. The molecule has 0 unspecified atom stereocenters. The number of rotatable bonds is 2. The van der Waals surface area contributed by atoms with Gasteiger partial charge in [0.05, 0.1) is 0 Å². The molecular formula is H6B2Na2O5. The van der Waals surface area contributed by atoms with Gasteiger partial charge in [-0.3, -0.25) is 0 Å². The topological polar surface area (TPSA) is 90.2 Å². The van der Waals surface area contributed by atoms with E-state index < -0.39 is 14.6 Å². The molecule has 0 atom stereocenters. The molecule has 9 heteroatoms. The third-order valence-electron chi connectivity index (χ3n) is 0.243. The van der Waals surface area contributed by atoms with E-state index in [1.165, 1.54) is 0 Å². The van der Waals surface area contributed by atoms with Gasteiger partial charge in [-0.15, -0.1) is 0 Å². The van der Waals surface area contributed by atoms with Gasteiger partial charge >= 0.3 is 73.8 Å². The van der Waals surface area contributed by atoms with Crippen molar-refractivity contribution in [2.45, 2.75) is 0 Å². The van der Waals surface area contributed by atoms with Crippen LogP contribution in [0.25, 0.3) is 0 Å². The van der Waals surface area contributed by atoms with Gasteiger partial charge in [0.1, 0.15) is 0 Å². The minimum atomic E-state index is -2.13. The zero-order chi connectivity index (χ0) is 5.86. The molecule has 0 fully saturated rings. The van der Waals surface area contributed by atoms with Crippen molar-refractivity contribution in [3.63, 3.8) is 0 Å². The van der Waals surface area contributed by atoms with E-state index >= 15 is 0 Å². The summed E-state index contributed by atoms with van der Waals surface area (Å²) in [7, 11) is -4.25. The van der Waals surface area contributed by atoms with Crippen LogP contribution in [0.4, 0.5) is 0 Å². The molecule has 0 aliphatic rings. The van der Waals surface area contributed by atoms with E-state index in [2.05, 4.69) is 4.57 Å². The van der Waals surface area contributed by atoms with Crippen LogP contribution in [-0.2, 0) is 4.57 Å². The summed E-state index contributed by atoms with van der Waals surface area (Å²) >= 11 is 0. The van der Waals surface area contributed by atoms with E-state index in [9.17, 15) is 0 Å². The summed E-state index contributed by atoms with van der Waals surface area (Å²) < 4.78 is 3.47. The third kappa shape index (κ3) is 17.8. The zero-order valence-corrected chi connectivity index (χ0v) is 3.35. The molecular weight excluding hydrogens is 148 g/mol. The van der Waals surface area contributed by atoms with E-state index in [1.807, 2.05) is 0 Å². The summed E-state index contributed by atoms with van der Waals surface area (Å²) in [6.07, 6.45) is 0. The van der Waals surface area contributed by atoms with E-state index in [0.29, 0.717) is 0 Å². The molecule has 0 aromatic carbocycles. The van der Waals surface area contributed by atoms with Gasteiger partial charge < -0.3 is 24.7 Å². The third-order valence-corrected chi connectivity index (χ3v) is 0.243. The predicted octanol–water partition coefficient (Wildman–Crippen LogP) is -4.35. The van der Waals surface area contributed by atoms with Crippen LogP contribution in [0.3, 0.4) is 0 Å². The fourth-order valence-electron chi connectivity index (χ4n) is 0.109. The molecule has 0 rings (SSSR count). The summed E-state index contributed by atoms with van der Waals surface area (Å²) in [5.74, 6) is 0. The summed E-state index contributed by atoms with van der Waals surface area (Å²) in [6.45, 7) is 0. The van der Waals surface area contributed by atoms with E-state index in [0.717, 1.165) is 0 Å². The normalized spacial score (nSPS) is 6.67. The summed E-state index contributed by atoms with van der Waals surface area (Å²) in [4.78, 5) is 0. The van der Waals surface area contributed by atoms with Gasteiger partial charge in [-0.2, -0.15) is 0 Å². The summed E-state index contributed by atoms with van der Waals surface area (Å²) in [6, 6.07) is 0. The fraction of sp³-hybridized carbons (Fsp3) is 0. The van der Waals surface area contributed by atoms with Gasteiger partial charge in [0, 0.05) is 0 Å². The molecule has 5 nitrogen and oxygen atoms in total. The molecule has 44 valence electrons. The summed E-state index contributed by atoms with van der Waals surface area (Å²) in [5, 5.41) is 30.9. The first-order valence-corrected chi connectivity index (χ1v) is 1.50. The predicted molar refractivity (Wildman–Crippen MR) is 35.8 cm³/mol. The molecule has 4 N–H and O–H groups in total. The molecule has 0 heterocycles. The molecule has 0 aromatic rings. The van der Waals surface area contributed by atoms with Crippen LogP contribution in [0.5, 0.6) is 0 Å². The van der Waals surface area contributed by atoms with E-state index in [1.54, 1.807) is 0 Å². The van der Waals surface area contributed by atoms with Gasteiger partial charge in [0.2, 0.25) is 0 Å². The molecule has 0 bridgehead atoms. The van der Waals surface area contributed by atoms with Crippen LogP contribution in [0.15, 0.2) is 0 Å². The van der Waals surface area contributed by atoms with Crippen LogP contribution in [0.1, 0.15) is 0 Å². The molecule has 0 radical (unpaired) electrons. The SMILES string of the molecule is OB(O)OB(O)O.[NaH].[NaH]. The van der Waals surface area contributed by atoms with Crippen molar-refractivity contribution in [2.75, 3.05) is 0 Å². The molecule has 0 spiro atoms. The molecule has 9 heavy (non-hydrogen) atoms. The van der Waals surface area contributed by atoms with Crippen molar-refractivity contribution >= 4 is 73.8 Å². The Balaban J connectivity index is -0.000000180. The number of hydrogen-bond acceptors (Lipinski definition) is 5. The zero-order valence-electron chi connectivity index (χ0n) is 3.35. The summed E-state index contributed by atoms with van der Waals surface area (Å²) in [5.41, 5.74) is 0. The van der Waals surface area contributed by atoms with Gasteiger partial charge in [-0.1, -0.05) is 0 Å². The van der Waals surface area contributed by atoms with Gasteiger partial charge in [-0.25, -0.2) is 0 Å². The fourth-order valence-corrected chi connectivity index (χ4v) is 0.109. The van der Waals surface area contributed by atoms with Crippen LogP contribution < -0.4 is 0 Å². The molecule has 0 amide bonds. The standard InChI is InChI=1S/B2H4O5.2Na.2H/c3-1(4)7-2(5)6;;;;/h3-6H;;;;. The Morgan fingerprint density at radius 2 is 1.00 bits per heavy atom. The second-order valence-corrected chi connectivity index (χ2v) is 0.789. The Hall–Kier alpha value is 1.93. The van der Waals surface area contributed by atoms with E-state index in [4.69, 9.17) is 20.1 Å².